The first-order valence-corrected chi connectivity index (χ1v) is 7.54. The molecule has 2 saturated carbocycles. The third-order valence-corrected chi connectivity index (χ3v) is 6.26. The van der Waals surface area contributed by atoms with E-state index < -0.39 is 0 Å². The molecule has 1 spiro atoms. The SMILES string of the molecule is CC1(C)CCCC2(CC1)C(CBr)C2(C)C. The van der Waals surface area contributed by atoms with Crippen LogP contribution in [0.15, 0.2) is 0 Å². The molecule has 0 saturated heterocycles. The lowest BCUT2D eigenvalue weighted by molar-refractivity contribution is 0.286. The Balaban J connectivity index is 2.13. The van der Waals surface area contributed by atoms with Gasteiger partial charge in [-0.15, -0.1) is 0 Å². The lowest BCUT2D eigenvalue weighted by atomic mass is 9.83. The molecule has 2 atom stereocenters. The fourth-order valence-electron chi connectivity index (χ4n) is 4.09. The Kier molecular flexibility index (Phi) is 2.78. The van der Waals surface area contributed by atoms with E-state index in [1.807, 2.05) is 0 Å². The largest absolute Gasteiger partial charge is 0.0925 e. The summed E-state index contributed by atoms with van der Waals surface area (Å²) in [5.41, 5.74) is 1.88. The Morgan fingerprint density at radius 1 is 1.00 bits per heavy atom. The standard InChI is InChI=1S/C14H25Br/c1-12(2)6-5-7-14(9-8-12)11(10-15)13(14,3)4/h11H,5-10H2,1-4H3. The van der Waals surface area contributed by atoms with E-state index in [2.05, 4.69) is 43.6 Å². The summed E-state index contributed by atoms with van der Waals surface area (Å²) in [6.45, 7) is 9.86. The molecule has 15 heavy (non-hydrogen) atoms. The lowest BCUT2D eigenvalue weighted by Gasteiger charge is -2.23. The fraction of sp³-hybridized carbons (Fsp3) is 1.00. The summed E-state index contributed by atoms with van der Waals surface area (Å²) in [5.74, 6) is 0.930. The highest BCUT2D eigenvalue weighted by atomic mass is 79.9. The van der Waals surface area contributed by atoms with Crippen molar-refractivity contribution >= 4 is 15.9 Å². The van der Waals surface area contributed by atoms with Crippen LogP contribution in [-0.4, -0.2) is 5.33 Å². The van der Waals surface area contributed by atoms with E-state index in [9.17, 15) is 0 Å². The number of rotatable bonds is 1. The van der Waals surface area contributed by atoms with Crippen molar-refractivity contribution in [3.05, 3.63) is 0 Å². The summed E-state index contributed by atoms with van der Waals surface area (Å²) in [5, 5.41) is 1.21. The van der Waals surface area contributed by atoms with E-state index in [4.69, 9.17) is 0 Å². The van der Waals surface area contributed by atoms with Gasteiger partial charge < -0.3 is 0 Å². The predicted octanol–water partition coefficient (Wildman–Crippen LogP) is 5.01. The molecule has 2 aliphatic rings. The summed E-state index contributed by atoms with van der Waals surface area (Å²) in [7, 11) is 0. The van der Waals surface area contributed by atoms with Crippen molar-refractivity contribution in [2.75, 3.05) is 5.33 Å². The molecule has 2 rings (SSSR count). The number of hydrogen-bond donors (Lipinski definition) is 0. The number of halogens is 1. The van der Waals surface area contributed by atoms with Gasteiger partial charge in [0.15, 0.2) is 0 Å². The van der Waals surface area contributed by atoms with Gasteiger partial charge in [-0.2, -0.15) is 0 Å². The van der Waals surface area contributed by atoms with Crippen molar-refractivity contribution in [2.24, 2.45) is 22.2 Å². The minimum Gasteiger partial charge on any atom is -0.0925 e. The van der Waals surface area contributed by atoms with Crippen LogP contribution >= 0.6 is 15.9 Å². The van der Waals surface area contributed by atoms with Crippen molar-refractivity contribution in [3.63, 3.8) is 0 Å². The summed E-state index contributed by atoms with van der Waals surface area (Å²) >= 11 is 3.72. The molecule has 0 N–H and O–H groups in total. The van der Waals surface area contributed by atoms with Crippen LogP contribution in [0, 0.1) is 22.2 Å². The molecule has 0 heterocycles. The van der Waals surface area contributed by atoms with E-state index in [1.54, 1.807) is 0 Å². The molecule has 0 aromatic rings. The van der Waals surface area contributed by atoms with Crippen LogP contribution in [0.25, 0.3) is 0 Å². The first kappa shape index (κ1) is 12.0. The lowest BCUT2D eigenvalue weighted by Crippen LogP contribution is -2.11. The molecule has 0 aromatic carbocycles. The van der Waals surface area contributed by atoms with Crippen molar-refractivity contribution in [2.45, 2.75) is 59.8 Å². The summed E-state index contributed by atoms with van der Waals surface area (Å²) in [6, 6.07) is 0. The molecule has 2 unspecified atom stereocenters. The Morgan fingerprint density at radius 3 is 2.20 bits per heavy atom. The first-order chi connectivity index (χ1) is 6.86. The second kappa shape index (κ2) is 3.48. The highest BCUT2D eigenvalue weighted by molar-refractivity contribution is 9.09. The van der Waals surface area contributed by atoms with Gasteiger partial charge in [0.25, 0.3) is 0 Å². The normalized spacial score (nSPS) is 42.6. The molecule has 0 amide bonds. The molecule has 0 aromatic heterocycles. The van der Waals surface area contributed by atoms with Gasteiger partial charge in [0.2, 0.25) is 0 Å². The molecule has 0 aliphatic heterocycles. The Morgan fingerprint density at radius 2 is 1.67 bits per heavy atom. The van der Waals surface area contributed by atoms with Gasteiger partial charge in [-0.3, -0.25) is 0 Å². The molecule has 0 radical (unpaired) electrons. The molecule has 2 fully saturated rings. The maximum Gasteiger partial charge on any atom is 0.00704 e. The van der Waals surface area contributed by atoms with Crippen molar-refractivity contribution < 1.29 is 0 Å². The van der Waals surface area contributed by atoms with Crippen LogP contribution in [0.1, 0.15) is 59.8 Å². The second-order valence-electron chi connectivity index (χ2n) is 7.10. The predicted molar refractivity (Wildman–Crippen MR) is 70.4 cm³/mol. The minimum absolute atomic E-state index is 0.594. The second-order valence-corrected chi connectivity index (χ2v) is 7.75. The highest BCUT2D eigenvalue weighted by Gasteiger charge is 2.68. The maximum absolute atomic E-state index is 3.72. The molecular weight excluding hydrogens is 248 g/mol. The molecule has 0 nitrogen and oxygen atoms in total. The fourth-order valence-corrected chi connectivity index (χ4v) is 5.52. The molecular formula is C14H25Br. The van der Waals surface area contributed by atoms with E-state index >= 15 is 0 Å². The smallest absolute Gasteiger partial charge is 0.00704 e. The molecule has 2 aliphatic carbocycles. The molecule has 88 valence electrons. The van der Waals surface area contributed by atoms with E-state index in [1.165, 1.54) is 37.4 Å². The van der Waals surface area contributed by atoms with Crippen molar-refractivity contribution in [3.8, 4) is 0 Å². The van der Waals surface area contributed by atoms with Crippen molar-refractivity contribution in [1.82, 2.24) is 0 Å². The summed E-state index contributed by atoms with van der Waals surface area (Å²) in [6.07, 6.45) is 7.24. The van der Waals surface area contributed by atoms with Crippen LogP contribution in [0.2, 0.25) is 0 Å². The maximum atomic E-state index is 3.72. The highest BCUT2D eigenvalue weighted by Crippen LogP contribution is 2.75. The minimum atomic E-state index is 0.594. The molecule has 0 bridgehead atoms. The van der Waals surface area contributed by atoms with Gasteiger partial charge in [-0.05, 0) is 47.8 Å². The zero-order valence-electron chi connectivity index (χ0n) is 10.7. The zero-order valence-corrected chi connectivity index (χ0v) is 12.3. The van der Waals surface area contributed by atoms with E-state index in [0.717, 1.165) is 5.92 Å². The quantitative estimate of drug-likeness (QED) is 0.589. The van der Waals surface area contributed by atoms with E-state index in [-0.39, 0.29) is 0 Å². The zero-order chi connectivity index (χ0) is 11.3. The van der Waals surface area contributed by atoms with Gasteiger partial charge in [-0.25, -0.2) is 0 Å². The van der Waals surface area contributed by atoms with Gasteiger partial charge >= 0.3 is 0 Å². The number of alkyl halides is 1. The first-order valence-electron chi connectivity index (χ1n) is 6.42. The van der Waals surface area contributed by atoms with Gasteiger partial charge in [0.1, 0.15) is 0 Å². The van der Waals surface area contributed by atoms with Crippen molar-refractivity contribution in [1.29, 1.82) is 0 Å². The van der Waals surface area contributed by atoms with E-state index in [0.29, 0.717) is 16.2 Å². The third-order valence-electron chi connectivity index (χ3n) is 5.62. The summed E-state index contributed by atoms with van der Waals surface area (Å²) in [4.78, 5) is 0. The average Bonchev–Trinajstić information content (AvgIpc) is 2.64. The Labute approximate surface area is 103 Å². The summed E-state index contributed by atoms with van der Waals surface area (Å²) < 4.78 is 0. The van der Waals surface area contributed by atoms with Crippen LogP contribution in [0.5, 0.6) is 0 Å². The van der Waals surface area contributed by atoms with Gasteiger partial charge in [0, 0.05) is 5.33 Å². The third kappa shape index (κ3) is 1.69. The number of hydrogen-bond acceptors (Lipinski definition) is 0. The average molecular weight is 273 g/mol. The van der Waals surface area contributed by atoms with Crippen LogP contribution < -0.4 is 0 Å². The van der Waals surface area contributed by atoms with Gasteiger partial charge in [-0.1, -0.05) is 50.0 Å². The topological polar surface area (TPSA) is 0 Å². The van der Waals surface area contributed by atoms with Gasteiger partial charge in [0.05, 0.1) is 0 Å². The monoisotopic (exact) mass is 272 g/mol. The van der Waals surface area contributed by atoms with Crippen LogP contribution in [0.3, 0.4) is 0 Å². The van der Waals surface area contributed by atoms with Crippen LogP contribution in [0.4, 0.5) is 0 Å². The Bertz CT molecular complexity index is 254. The Hall–Kier alpha value is 0.480. The van der Waals surface area contributed by atoms with Crippen LogP contribution in [-0.2, 0) is 0 Å². The molecule has 1 heteroatoms.